The molecule has 0 unspecified atom stereocenters. The van der Waals surface area contributed by atoms with E-state index in [0.29, 0.717) is 11.9 Å². The van der Waals surface area contributed by atoms with Crippen molar-refractivity contribution in [3.05, 3.63) is 29.4 Å². The van der Waals surface area contributed by atoms with E-state index in [2.05, 4.69) is 20.4 Å². The average molecular weight is 241 g/mol. The average Bonchev–Trinajstić information content (AvgIpc) is 2.68. The number of aryl methyl sites for hydroxylation is 1. The van der Waals surface area contributed by atoms with Crippen LogP contribution in [-0.2, 0) is 6.54 Å². The fraction of sp³-hybridized carbons (Fsp3) is 0.222. The van der Waals surface area contributed by atoms with Gasteiger partial charge in [0.15, 0.2) is 29.1 Å². The van der Waals surface area contributed by atoms with Crippen molar-refractivity contribution in [3.8, 4) is 0 Å². The third-order valence-corrected chi connectivity index (χ3v) is 1.93. The number of nitrogens with two attached hydrogens (primary N) is 1. The van der Waals surface area contributed by atoms with Crippen molar-refractivity contribution in [2.24, 2.45) is 0 Å². The summed E-state index contributed by atoms with van der Waals surface area (Å²) in [6.07, 6.45) is 0. The molecule has 0 atom stereocenters. The molecule has 2 aromatic heterocycles. The first-order chi connectivity index (χ1) is 8.06. The van der Waals surface area contributed by atoms with E-state index in [9.17, 15) is 8.78 Å². The summed E-state index contributed by atoms with van der Waals surface area (Å²) in [4.78, 5) is 7.42. The van der Waals surface area contributed by atoms with Crippen LogP contribution < -0.4 is 11.1 Å². The lowest BCUT2D eigenvalue weighted by Crippen LogP contribution is -2.07. The van der Waals surface area contributed by atoms with Crippen LogP contribution in [0, 0.1) is 18.6 Å². The van der Waals surface area contributed by atoms with Crippen molar-refractivity contribution in [1.29, 1.82) is 0 Å². The van der Waals surface area contributed by atoms with Crippen LogP contribution in [0.25, 0.3) is 0 Å². The first-order valence-electron chi connectivity index (χ1n) is 4.71. The minimum Gasteiger partial charge on any atom is -0.381 e. The maximum Gasteiger partial charge on any atom is 0.245 e. The summed E-state index contributed by atoms with van der Waals surface area (Å²) in [5, 5.41) is 6.14. The van der Waals surface area contributed by atoms with Gasteiger partial charge in [0, 0.05) is 6.07 Å². The van der Waals surface area contributed by atoms with Crippen molar-refractivity contribution in [1.82, 2.24) is 15.1 Å². The Hall–Kier alpha value is -2.25. The molecule has 0 bridgehead atoms. The molecule has 2 heterocycles. The Morgan fingerprint density at radius 3 is 2.76 bits per heavy atom. The standard InChI is InChI=1S/C9H9F2N5O/c1-4-14-7(17-16-4)3-13-9-6(11)2-5(10)8(12)15-9/h2H,3H2,1H3,(H3,12,13,15). The second-order valence-corrected chi connectivity index (χ2v) is 3.27. The lowest BCUT2D eigenvalue weighted by molar-refractivity contribution is 0.379. The molecule has 0 saturated carbocycles. The Morgan fingerprint density at radius 2 is 2.12 bits per heavy atom. The molecule has 17 heavy (non-hydrogen) atoms. The predicted octanol–water partition coefficient (Wildman–Crippen LogP) is 1.25. The van der Waals surface area contributed by atoms with Crippen molar-refractivity contribution in [3.63, 3.8) is 0 Å². The smallest absolute Gasteiger partial charge is 0.245 e. The van der Waals surface area contributed by atoms with E-state index in [1.165, 1.54) is 0 Å². The maximum atomic E-state index is 13.3. The molecule has 3 N–H and O–H groups in total. The van der Waals surface area contributed by atoms with Crippen molar-refractivity contribution < 1.29 is 13.3 Å². The van der Waals surface area contributed by atoms with E-state index in [-0.39, 0.29) is 24.1 Å². The van der Waals surface area contributed by atoms with Crippen LogP contribution in [0.5, 0.6) is 0 Å². The van der Waals surface area contributed by atoms with E-state index in [1.54, 1.807) is 6.92 Å². The van der Waals surface area contributed by atoms with Gasteiger partial charge in [0.2, 0.25) is 5.89 Å². The van der Waals surface area contributed by atoms with Crippen LogP contribution in [0.4, 0.5) is 20.4 Å². The second kappa shape index (κ2) is 4.32. The van der Waals surface area contributed by atoms with Gasteiger partial charge in [-0.1, -0.05) is 5.16 Å². The Kier molecular flexibility index (Phi) is 2.86. The molecule has 0 aliphatic heterocycles. The quantitative estimate of drug-likeness (QED) is 0.840. The molecule has 0 aliphatic carbocycles. The monoisotopic (exact) mass is 241 g/mol. The third-order valence-electron chi connectivity index (χ3n) is 1.93. The lowest BCUT2D eigenvalue weighted by Gasteiger charge is -2.05. The summed E-state index contributed by atoms with van der Waals surface area (Å²) in [7, 11) is 0. The SMILES string of the molecule is Cc1noc(CNc2nc(N)c(F)cc2F)n1. The Balaban J connectivity index is 2.11. The number of nitrogen functional groups attached to an aromatic ring is 1. The molecule has 0 fully saturated rings. The molecule has 0 amide bonds. The van der Waals surface area contributed by atoms with Crippen LogP contribution in [-0.4, -0.2) is 15.1 Å². The fourth-order valence-electron chi connectivity index (χ4n) is 1.18. The molecule has 0 aromatic carbocycles. The number of hydrogen-bond donors (Lipinski definition) is 2. The Labute approximate surface area is 94.8 Å². The van der Waals surface area contributed by atoms with Gasteiger partial charge in [-0.25, -0.2) is 13.8 Å². The molecule has 2 aromatic rings. The number of hydrogen-bond acceptors (Lipinski definition) is 6. The van der Waals surface area contributed by atoms with E-state index in [1.807, 2.05) is 0 Å². The van der Waals surface area contributed by atoms with E-state index < -0.39 is 11.6 Å². The predicted molar refractivity (Wildman–Crippen MR) is 54.9 cm³/mol. The number of halogens is 2. The number of nitrogens with zero attached hydrogens (tertiary/aromatic N) is 3. The zero-order valence-electron chi connectivity index (χ0n) is 8.87. The summed E-state index contributed by atoms with van der Waals surface area (Å²) in [5.41, 5.74) is 5.22. The van der Waals surface area contributed by atoms with Gasteiger partial charge in [-0.05, 0) is 6.92 Å². The summed E-state index contributed by atoms with van der Waals surface area (Å²) in [5.74, 6) is -1.55. The van der Waals surface area contributed by atoms with Gasteiger partial charge >= 0.3 is 0 Å². The van der Waals surface area contributed by atoms with Crippen LogP contribution in [0.3, 0.4) is 0 Å². The molecule has 0 saturated heterocycles. The molecule has 6 nitrogen and oxygen atoms in total. The number of anilines is 2. The fourth-order valence-corrected chi connectivity index (χ4v) is 1.18. The highest BCUT2D eigenvalue weighted by molar-refractivity contribution is 5.44. The maximum absolute atomic E-state index is 13.3. The number of nitrogens with one attached hydrogen (secondary N) is 1. The van der Waals surface area contributed by atoms with E-state index in [0.717, 1.165) is 0 Å². The summed E-state index contributed by atoms with van der Waals surface area (Å²) in [6, 6.07) is 0.656. The molecule has 8 heteroatoms. The highest BCUT2D eigenvalue weighted by Gasteiger charge is 2.10. The zero-order valence-corrected chi connectivity index (χ0v) is 8.87. The highest BCUT2D eigenvalue weighted by Crippen LogP contribution is 2.16. The summed E-state index contributed by atoms with van der Waals surface area (Å²) >= 11 is 0. The normalized spacial score (nSPS) is 10.5. The van der Waals surface area contributed by atoms with Gasteiger partial charge in [0.1, 0.15) is 0 Å². The van der Waals surface area contributed by atoms with Gasteiger partial charge in [-0.3, -0.25) is 0 Å². The second-order valence-electron chi connectivity index (χ2n) is 3.27. The molecule has 0 spiro atoms. The number of aromatic nitrogens is 3. The highest BCUT2D eigenvalue weighted by atomic mass is 19.1. The van der Waals surface area contributed by atoms with Crippen LogP contribution >= 0.6 is 0 Å². The topological polar surface area (TPSA) is 89.9 Å². The minimum atomic E-state index is -0.901. The van der Waals surface area contributed by atoms with E-state index in [4.69, 9.17) is 10.3 Å². The van der Waals surface area contributed by atoms with Crippen molar-refractivity contribution >= 4 is 11.6 Å². The van der Waals surface area contributed by atoms with Gasteiger partial charge < -0.3 is 15.6 Å². The lowest BCUT2D eigenvalue weighted by atomic mass is 10.4. The summed E-state index contributed by atoms with van der Waals surface area (Å²) < 4.78 is 30.9. The van der Waals surface area contributed by atoms with Gasteiger partial charge in [-0.15, -0.1) is 0 Å². The molecular formula is C9H9F2N5O. The van der Waals surface area contributed by atoms with Gasteiger partial charge in [0.05, 0.1) is 6.54 Å². The van der Waals surface area contributed by atoms with Crippen LogP contribution in [0.2, 0.25) is 0 Å². The molecule has 2 rings (SSSR count). The first-order valence-corrected chi connectivity index (χ1v) is 4.71. The summed E-state index contributed by atoms with van der Waals surface area (Å²) in [6.45, 7) is 1.73. The zero-order chi connectivity index (χ0) is 12.4. The van der Waals surface area contributed by atoms with E-state index >= 15 is 0 Å². The molecule has 90 valence electrons. The Bertz CT molecular complexity index is 542. The van der Waals surface area contributed by atoms with Crippen LogP contribution in [0.15, 0.2) is 10.6 Å². The number of rotatable bonds is 3. The van der Waals surface area contributed by atoms with Crippen LogP contribution in [0.1, 0.15) is 11.7 Å². The molecule has 0 radical (unpaired) electrons. The number of pyridine rings is 1. The van der Waals surface area contributed by atoms with Crippen molar-refractivity contribution in [2.45, 2.75) is 13.5 Å². The van der Waals surface area contributed by atoms with Gasteiger partial charge in [-0.2, -0.15) is 4.98 Å². The van der Waals surface area contributed by atoms with Crippen molar-refractivity contribution in [2.75, 3.05) is 11.1 Å². The van der Waals surface area contributed by atoms with Gasteiger partial charge in [0.25, 0.3) is 0 Å². The Morgan fingerprint density at radius 1 is 1.35 bits per heavy atom. The third kappa shape index (κ3) is 2.47. The minimum absolute atomic E-state index is 0.0792. The molecule has 0 aliphatic rings. The molecular weight excluding hydrogens is 232 g/mol. The first kappa shape index (κ1) is 11.2. The largest absolute Gasteiger partial charge is 0.381 e.